The monoisotopic (exact) mass is 403 g/mol. The number of H-pyrrole nitrogens is 1. The Balaban J connectivity index is 1.60. The number of aromatic nitrogens is 4. The van der Waals surface area contributed by atoms with Gasteiger partial charge in [0.1, 0.15) is 17.2 Å². The van der Waals surface area contributed by atoms with Gasteiger partial charge in [0.15, 0.2) is 5.82 Å². The van der Waals surface area contributed by atoms with Crippen molar-refractivity contribution in [3.05, 3.63) is 29.8 Å². The summed E-state index contributed by atoms with van der Waals surface area (Å²) in [5.74, 6) is -0.0363. The molecule has 1 spiro atoms. The number of piperidine rings is 1. The van der Waals surface area contributed by atoms with Crippen molar-refractivity contribution < 1.29 is 12.8 Å². The minimum atomic E-state index is -3.70. The van der Waals surface area contributed by atoms with E-state index in [2.05, 4.69) is 15.1 Å². The molecule has 1 aliphatic carbocycles. The molecule has 1 aromatic carbocycles. The van der Waals surface area contributed by atoms with E-state index in [1.807, 2.05) is 0 Å². The fourth-order valence-electron chi connectivity index (χ4n) is 4.27. The molecule has 1 saturated heterocycles. The molecule has 28 heavy (non-hydrogen) atoms. The van der Waals surface area contributed by atoms with Crippen molar-refractivity contribution in [1.82, 2.24) is 24.1 Å². The van der Waals surface area contributed by atoms with E-state index in [-0.39, 0.29) is 10.5 Å². The molecule has 0 bridgehead atoms. The van der Waals surface area contributed by atoms with E-state index in [4.69, 9.17) is 0 Å². The van der Waals surface area contributed by atoms with Gasteiger partial charge in [0, 0.05) is 31.1 Å². The molecule has 9 heteroatoms. The van der Waals surface area contributed by atoms with Crippen LogP contribution in [-0.4, -0.2) is 45.6 Å². The highest BCUT2D eigenvalue weighted by Crippen LogP contribution is 2.54. The van der Waals surface area contributed by atoms with Gasteiger partial charge in [-0.05, 0) is 55.7 Å². The Hall–Kier alpha value is -2.26. The molecule has 3 heterocycles. The Morgan fingerprint density at radius 3 is 2.50 bits per heavy atom. The van der Waals surface area contributed by atoms with Crippen molar-refractivity contribution in [2.24, 2.45) is 12.5 Å². The molecule has 148 valence electrons. The number of aromatic amines is 1. The number of sulfonamides is 1. The first kappa shape index (κ1) is 17.8. The quantitative estimate of drug-likeness (QED) is 0.729. The second kappa shape index (κ2) is 5.87. The summed E-state index contributed by atoms with van der Waals surface area (Å²) in [4.78, 5) is 7.08. The van der Waals surface area contributed by atoms with Crippen LogP contribution in [0, 0.1) is 18.2 Å². The Labute approximate surface area is 162 Å². The summed E-state index contributed by atoms with van der Waals surface area (Å²) in [7, 11) is -1.95. The molecule has 7 nitrogen and oxygen atoms in total. The van der Waals surface area contributed by atoms with Gasteiger partial charge < -0.3 is 4.98 Å². The van der Waals surface area contributed by atoms with Crippen LogP contribution in [0.2, 0.25) is 0 Å². The van der Waals surface area contributed by atoms with Crippen LogP contribution in [0.5, 0.6) is 0 Å². The van der Waals surface area contributed by atoms with Gasteiger partial charge in [0.25, 0.3) is 10.0 Å². The van der Waals surface area contributed by atoms with Crippen LogP contribution >= 0.6 is 0 Å². The van der Waals surface area contributed by atoms with E-state index in [0.29, 0.717) is 40.8 Å². The highest BCUT2D eigenvalue weighted by atomic mass is 32.2. The minimum Gasteiger partial charge on any atom is -0.342 e. The van der Waals surface area contributed by atoms with Crippen LogP contribution in [0.25, 0.3) is 22.3 Å². The van der Waals surface area contributed by atoms with E-state index < -0.39 is 15.8 Å². The molecule has 0 radical (unpaired) electrons. The summed E-state index contributed by atoms with van der Waals surface area (Å²) in [5, 5.41) is 4.82. The van der Waals surface area contributed by atoms with Crippen LogP contribution < -0.4 is 0 Å². The highest BCUT2D eigenvalue weighted by molar-refractivity contribution is 7.89. The second-order valence-corrected chi connectivity index (χ2v) is 10.0. The van der Waals surface area contributed by atoms with Crippen molar-refractivity contribution in [2.45, 2.75) is 37.6 Å². The SMILES string of the molecule is Cc1cc(F)c2[nH]c(S(=O)(=O)N3CCC4(CC3)CC4)cc2c1-c1ncn(C)n1. The number of hydrogen-bond donors (Lipinski definition) is 1. The van der Waals surface area contributed by atoms with Gasteiger partial charge in [0.2, 0.25) is 0 Å². The molecular weight excluding hydrogens is 381 g/mol. The zero-order chi connectivity index (χ0) is 19.7. The van der Waals surface area contributed by atoms with Crippen LogP contribution in [0.1, 0.15) is 31.2 Å². The number of halogens is 1. The third-order valence-electron chi connectivity index (χ3n) is 6.22. The van der Waals surface area contributed by atoms with E-state index >= 15 is 0 Å². The highest BCUT2D eigenvalue weighted by Gasteiger charge is 2.46. The van der Waals surface area contributed by atoms with Crippen molar-refractivity contribution in [3.8, 4) is 11.4 Å². The maximum atomic E-state index is 14.6. The number of aryl methyl sites for hydroxylation is 2. The Morgan fingerprint density at radius 1 is 1.18 bits per heavy atom. The van der Waals surface area contributed by atoms with Crippen molar-refractivity contribution >= 4 is 20.9 Å². The molecule has 1 saturated carbocycles. The molecular formula is C19H22FN5O2S. The number of fused-ring (bicyclic) bond motifs is 1. The lowest BCUT2D eigenvalue weighted by atomic mass is 9.95. The van der Waals surface area contributed by atoms with Gasteiger partial charge >= 0.3 is 0 Å². The molecule has 2 fully saturated rings. The van der Waals surface area contributed by atoms with Crippen LogP contribution in [0.15, 0.2) is 23.5 Å². The lowest BCUT2D eigenvalue weighted by molar-refractivity contribution is 0.257. The van der Waals surface area contributed by atoms with E-state index in [9.17, 15) is 12.8 Å². The van der Waals surface area contributed by atoms with Gasteiger partial charge in [-0.2, -0.15) is 9.40 Å². The van der Waals surface area contributed by atoms with Crippen LogP contribution in [-0.2, 0) is 17.1 Å². The largest absolute Gasteiger partial charge is 0.342 e. The Morgan fingerprint density at radius 2 is 1.89 bits per heavy atom. The number of rotatable bonds is 3. The van der Waals surface area contributed by atoms with Gasteiger partial charge in [-0.1, -0.05) is 0 Å². The maximum Gasteiger partial charge on any atom is 0.258 e. The van der Waals surface area contributed by atoms with Gasteiger partial charge in [-0.3, -0.25) is 4.68 Å². The second-order valence-electron chi connectivity index (χ2n) is 8.12. The molecule has 0 atom stereocenters. The molecule has 1 N–H and O–H groups in total. The van der Waals surface area contributed by atoms with E-state index in [0.717, 1.165) is 12.8 Å². The first-order valence-corrected chi connectivity index (χ1v) is 10.9. The number of benzene rings is 1. The normalized spacial score (nSPS) is 19.5. The molecule has 1 aliphatic heterocycles. The van der Waals surface area contributed by atoms with Gasteiger partial charge in [-0.15, -0.1) is 0 Å². The first-order chi connectivity index (χ1) is 13.3. The topological polar surface area (TPSA) is 83.9 Å². The summed E-state index contributed by atoms with van der Waals surface area (Å²) >= 11 is 0. The lowest BCUT2D eigenvalue weighted by Gasteiger charge is -2.30. The molecule has 2 aromatic heterocycles. The first-order valence-electron chi connectivity index (χ1n) is 9.47. The molecule has 0 amide bonds. The fraction of sp³-hybridized carbons (Fsp3) is 0.474. The van der Waals surface area contributed by atoms with Gasteiger partial charge in [0.05, 0.1) is 5.52 Å². The molecule has 0 unspecified atom stereocenters. The Bertz CT molecular complexity index is 1180. The zero-order valence-electron chi connectivity index (χ0n) is 15.9. The summed E-state index contributed by atoms with van der Waals surface area (Å²) in [6.45, 7) is 2.82. The van der Waals surface area contributed by atoms with E-state index in [1.165, 1.54) is 29.3 Å². The maximum absolute atomic E-state index is 14.6. The minimum absolute atomic E-state index is 0.0240. The Kier molecular flexibility index (Phi) is 3.73. The van der Waals surface area contributed by atoms with E-state index in [1.54, 1.807) is 25.0 Å². The molecule has 5 rings (SSSR count). The van der Waals surface area contributed by atoms with Crippen molar-refractivity contribution in [1.29, 1.82) is 0 Å². The summed E-state index contributed by atoms with van der Waals surface area (Å²) in [6, 6.07) is 2.91. The molecule has 3 aromatic rings. The van der Waals surface area contributed by atoms with Crippen molar-refractivity contribution in [3.63, 3.8) is 0 Å². The predicted octanol–water partition coefficient (Wildman–Crippen LogP) is 2.98. The number of hydrogen-bond acceptors (Lipinski definition) is 4. The average Bonchev–Trinajstić information content (AvgIpc) is 3.05. The third kappa shape index (κ3) is 2.68. The van der Waals surface area contributed by atoms with Crippen molar-refractivity contribution in [2.75, 3.05) is 13.1 Å². The predicted molar refractivity (Wildman–Crippen MR) is 103 cm³/mol. The van der Waals surface area contributed by atoms with Gasteiger partial charge in [-0.25, -0.2) is 17.8 Å². The number of nitrogens with zero attached hydrogens (tertiary/aromatic N) is 4. The fourth-order valence-corrected chi connectivity index (χ4v) is 5.71. The smallest absolute Gasteiger partial charge is 0.258 e. The molecule has 2 aliphatic rings. The summed E-state index contributed by atoms with van der Waals surface area (Å²) in [6.07, 6.45) is 5.79. The standard InChI is InChI=1S/C19H22FN5O2S/c1-12-9-14(20)17-13(16(12)18-21-11-24(2)23-18)10-15(22-17)28(26,27)25-7-5-19(3-4-19)6-8-25/h9-11,22H,3-8H2,1-2H3. The summed E-state index contributed by atoms with van der Waals surface area (Å²) < 4.78 is 44.0. The third-order valence-corrected chi connectivity index (χ3v) is 8.04. The van der Waals surface area contributed by atoms with Crippen LogP contribution in [0.3, 0.4) is 0 Å². The average molecular weight is 403 g/mol. The lowest BCUT2D eigenvalue weighted by Crippen LogP contribution is -2.39. The van der Waals surface area contributed by atoms with Crippen LogP contribution in [0.4, 0.5) is 4.39 Å². The zero-order valence-corrected chi connectivity index (χ0v) is 16.7. The number of nitrogens with one attached hydrogen (secondary N) is 1. The summed E-state index contributed by atoms with van der Waals surface area (Å²) in [5.41, 5.74) is 1.86.